The number of urea groups is 1. The molecule has 148 valence electrons. The molecular weight excluding hydrogens is 384 g/mol. The zero-order valence-electron chi connectivity index (χ0n) is 16.3. The number of carbonyl (C=O) groups excluding carboxylic acids is 1. The number of nitrogens with one attached hydrogen (secondary N) is 1. The van der Waals surface area contributed by atoms with Crippen LogP contribution in [0.15, 0.2) is 72.8 Å². The van der Waals surface area contributed by atoms with Crippen LogP contribution in [-0.2, 0) is 6.42 Å². The molecule has 3 aromatic rings. The normalized spacial score (nSPS) is 15.5. The Labute approximate surface area is 176 Å². The SMILES string of the molecule is CCOc1ccc(NC(=O)N2CCc3ccccc3C2c2ccc(Cl)cc2)cc1. The first kappa shape index (κ1) is 19.3. The number of nitrogens with zero attached hydrogens (tertiary/aromatic N) is 1. The number of carbonyl (C=O) groups is 1. The van der Waals surface area contributed by atoms with E-state index in [-0.39, 0.29) is 12.1 Å². The minimum atomic E-state index is -0.153. The Hall–Kier alpha value is -2.98. The first-order chi connectivity index (χ1) is 14.2. The molecular formula is C24H23ClN2O2. The topological polar surface area (TPSA) is 41.6 Å². The Morgan fingerprint density at radius 2 is 1.79 bits per heavy atom. The maximum atomic E-state index is 13.2. The molecule has 1 aliphatic rings. The van der Waals surface area contributed by atoms with Crippen LogP contribution in [0.1, 0.15) is 29.7 Å². The van der Waals surface area contributed by atoms with Crippen LogP contribution < -0.4 is 10.1 Å². The lowest BCUT2D eigenvalue weighted by atomic mass is 9.88. The van der Waals surface area contributed by atoms with E-state index in [9.17, 15) is 4.79 Å². The van der Waals surface area contributed by atoms with Gasteiger partial charge >= 0.3 is 6.03 Å². The Morgan fingerprint density at radius 1 is 1.07 bits per heavy atom. The zero-order chi connectivity index (χ0) is 20.2. The Balaban J connectivity index is 1.62. The Morgan fingerprint density at radius 3 is 2.52 bits per heavy atom. The van der Waals surface area contributed by atoms with Crippen molar-refractivity contribution >= 4 is 23.3 Å². The van der Waals surface area contributed by atoms with Crippen molar-refractivity contribution in [3.63, 3.8) is 0 Å². The van der Waals surface area contributed by atoms with E-state index in [1.807, 2.05) is 72.5 Å². The van der Waals surface area contributed by atoms with E-state index >= 15 is 0 Å². The average Bonchev–Trinajstić information content (AvgIpc) is 2.75. The highest BCUT2D eigenvalue weighted by Crippen LogP contribution is 2.36. The van der Waals surface area contributed by atoms with Crippen LogP contribution in [0.3, 0.4) is 0 Å². The maximum absolute atomic E-state index is 13.2. The van der Waals surface area contributed by atoms with Gasteiger partial charge in [0.25, 0.3) is 0 Å². The molecule has 1 unspecified atom stereocenters. The van der Waals surface area contributed by atoms with Gasteiger partial charge in [0.2, 0.25) is 0 Å². The predicted octanol–water partition coefficient (Wildman–Crippen LogP) is 5.92. The van der Waals surface area contributed by atoms with Gasteiger partial charge in [-0.3, -0.25) is 0 Å². The second-order valence-corrected chi connectivity index (χ2v) is 7.42. The van der Waals surface area contributed by atoms with Crippen LogP contribution in [0.5, 0.6) is 5.75 Å². The lowest BCUT2D eigenvalue weighted by Gasteiger charge is -2.37. The summed E-state index contributed by atoms with van der Waals surface area (Å²) in [6.07, 6.45) is 0.830. The van der Waals surface area contributed by atoms with Gasteiger partial charge in [-0.05, 0) is 66.4 Å². The number of ether oxygens (including phenoxy) is 1. The van der Waals surface area contributed by atoms with Crippen molar-refractivity contribution < 1.29 is 9.53 Å². The van der Waals surface area contributed by atoms with Crippen LogP contribution in [0.4, 0.5) is 10.5 Å². The Kier molecular flexibility index (Phi) is 5.72. The molecule has 4 rings (SSSR count). The van der Waals surface area contributed by atoms with E-state index in [1.165, 1.54) is 5.56 Å². The molecule has 0 radical (unpaired) electrons. The average molecular weight is 407 g/mol. The third kappa shape index (κ3) is 4.22. The summed E-state index contributed by atoms with van der Waals surface area (Å²) in [5, 5.41) is 3.71. The van der Waals surface area contributed by atoms with Gasteiger partial charge < -0.3 is 15.0 Å². The molecule has 0 aromatic heterocycles. The fraction of sp³-hybridized carbons (Fsp3) is 0.208. The molecule has 1 aliphatic heterocycles. The van der Waals surface area contributed by atoms with Crippen molar-refractivity contribution in [3.05, 3.63) is 94.5 Å². The van der Waals surface area contributed by atoms with Crippen LogP contribution in [0.2, 0.25) is 5.02 Å². The summed E-state index contributed by atoms with van der Waals surface area (Å²) in [5.74, 6) is 0.788. The summed E-state index contributed by atoms with van der Waals surface area (Å²) in [4.78, 5) is 15.1. The van der Waals surface area contributed by atoms with Crippen molar-refractivity contribution in [2.75, 3.05) is 18.5 Å². The minimum absolute atomic E-state index is 0.122. The lowest BCUT2D eigenvalue weighted by molar-refractivity contribution is 0.194. The standard InChI is InChI=1S/C24H23ClN2O2/c1-2-29-21-13-11-20(12-14-21)26-24(28)27-16-15-17-5-3-4-6-22(17)23(27)18-7-9-19(25)10-8-18/h3-14,23H,2,15-16H2,1H3,(H,26,28). The quantitative estimate of drug-likeness (QED) is 0.584. The molecule has 5 heteroatoms. The molecule has 0 spiro atoms. The molecule has 2 amide bonds. The van der Waals surface area contributed by atoms with Gasteiger partial charge in [0.1, 0.15) is 5.75 Å². The fourth-order valence-electron chi connectivity index (χ4n) is 3.79. The number of hydrogen-bond acceptors (Lipinski definition) is 2. The van der Waals surface area contributed by atoms with Crippen molar-refractivity contribution in [2.24, 2.45) is 0 Å². The van der Waals surface area contributed by atoms with Gasteiger partial charge in [0.15, 0.2) is 0 Å². The largest absolute Gasteiger partial charge is 0.494 e. The van der Waals surface area contributed by atoms with Crippen molar-refractivity contribution in [1.29, 1.82) is 0 Å². The van der Waals surface area contributed by atoms with Crippen molar-refractivity contribution in [2.45, 2.75) is 19.4 Å². The second-order valence-electron chi connectivity index (χ2n) is 6.98. The molecule has 4 nitrogen and oxygen atoms in total. The van der Waals surface area contributed by atoms with Gasteiger partial charge in [0, 0.05) is 17.3 Å². The van der Waals surface area contributed by atoms with E-state index < -0.39 is 0 Å². The third-order valence-electron chi connectivity index (χ3n) is 5.15. The highest BCUT2D eigenvalue weighted by atomic mass is 35.5. The van der Waals surface area contributed by atoms with Gasteiger partial charge in [-0.1, -0.05) is 48.0 Å². The summed E-state index contributed by atoms with van der Waals surface area (Å²) in [6.45, 7) is 3.20. The van der Waals surface area contributed by atoms with Gasteiger partial charge in [-0.2, -0.15) is 0 Å². The van der Waals surface area contributed by atoms with Crippen LogP contribution >= 0.6 is 11.6 Å². The minimum Gasteiger partial charge on any atom is -0.494 e. The van der Waals surface area contributed by atoms with E-state index in [2.05, 4.69) is 17.4 Å². The van der Waals surface area contributed by atoms with Crippen LogP contribution in [0, 0.1) is 0 Å². The molecule has 1 atom stereocenters. The van der Waals surface area contributed by atoms with Gasteiger partial charge in [-0.25, -0.2) is 4.79 Å². The summed E-state index contributed by atoms with van der Waals surface area (Å²) >= 11 is 6.09. The zero-order valence-corrected chi connectivity index (χ0v) is 17.0. The summed E-state index contributed by atoms with van der Waals surface area (Å²) in [6, 6.07) is 23.2. The monoisotopic (exact) mass is 406 g/mol. The number of anilines is 1. The molecule has 1 N–H and O–H groups in total. The molecule has 3 aromatic carbocycles. The van der Waals surface area contributed by atoms with Crippen molar-refractivity contribution in [1.82, 2.24) is 4.90 Å². The molecule has 1 heterocycles. The van der Waals surface area contributed by atoms with E-state index in [0.29, 0.717) is 18.2 Å². The second kappa shape index (κ2) is 8.58. The number of amides is 2. The highest BCUT2D eigenvalue weighted by Gasteiger charge is 2.31. The van der Waals surface area contributed by atoms with E-state index in [4.69, 9.17) is 16.3 Å². The highest BCUT2D eigenvalue weighted by molar-refractivity contribution is 6.30. The third-order valence-corrected chi connectivity index (χ3v) is 5.40. The Bertz CT molecular complexity index is 987. The fourth-order valence-corrected chi connectivity index (χ4v) is 3.91. The molecule has 0 aliphatic carbocycles. The van der Waals surface area contributed by atoms with Crippen LogP contribution in [-0.4, -0.2) is 24.1 Å². The number of rotatable bonds is 4. The van der Waals surface area contributed by atoms with E-state index in [1.54, 1.807) is 0 Å². The number of fused-ring (bicyclic) bond motifs is 1. The molecule has 0 saturated heterocycles. The number of hydrogen-bond donors (Lipinski definition) is 1. The number of benzene rings is 3. The molecule has 29 heavy (non-hydrogen) atoms. The van der Waals surface area contributed by atoms with Gasteiger partial charge in [-0.15, -0.1) is 0 Å². The first-order valence-electron chi connectivity index (χ1n) is 9.79. The predicted molar refractivity (Wildman–Crippen MR) is 117 cm³/mol. The maximum Gasteiger partial charge on any atom is 0.322 e. The lowest BCUT2D eigenvalue weighted by Crippen LogP contribution is -2.43. The summed E-state index contributed by atoms with van der Waals surface area (Å²) in [5.41, 5.74) is 4.22. The van der Waals surface area contributed by atoms with E-state index in [0.717, 1.165) is 29.0 Å². The van der Waals surface area contributed by atoms with Gasteiger partial charge in [0.05, 0.1) is 12.6 Å². The first-order valence-corrected chi connectivity index (χ1v) is 10.2. The molecule has 0 saturated carbocycles. The number of halogens is 1. The molecule has 0 bridgehead atoms. The van der Waals surface area contributed by atoms with Crippen LogP contribution in [0.25, 0.3) is 0 Å². The smallest absolute Gasteiger partial charge is 0.322 e. The molecule has 0 fully saturated rings. The summed E-state index contributed by atoms with van der Waals surface area (Å²) in [7, 11) is 0. The summed E-state index contributed by atoms with van der Waals surface area (Å²) < 4.78 is 5.47. The van der Waals surface area contributed by atoms with Crippen molar-refractivity contribution in [3.8, 4) is 5.75 Å².